The number of aromatic nitrogens is 2. The fraction of sp³-hybridized carbons (Fsp3) is 0.500. The minimum Gasteiger partial charge on any atom is -0.397 e. The maximum atomic E-state index is 12.7. The number of hydrogen-bond acceptors (Lipinski definition) is 2. The first-order valence-electron chi connectivity index (χ1n) is 6.77. The lowest BCUT2D eigenvalue weighted by atomic mass is 10.1. The average Bonchev–Trinajstić information content (AvgIpc) is 2.77. The number of halogens is 3. The number of rotatable bonds is 5. The number of nitrogens with zero attached hydrogens (tertiary/aromatic N) is 1. The van der Waals surface area contributed by atoms with Crippen LogP contribution in [0.4, 0.5) is 18.9 Å². The van der Waals surface area contributed by atoms with Gasteiger partial charge in [0.05, 0.1) is 22.3 Å². The van der Waals surface area contributed by atoms with Crippen molar-refractivity contribution in [2.75, 3.05) is 5.73 Å². The Bertz CT molecular complexity index is 587. The molecule has 110 valence electrons. The van der Waals surface area contributed by atoms with Crippen molar-refractivity contribution in [3.8, 4) is 0 Å². The number of aryl methyl sites for hydroxylation is 1. The van der Waals surface area contributed by atoms with Gasteiger partial charge in [0.15, 0.2) is 0 Å². The standard InChI is InChI=1S/C14H18F3N3/c1-2-3-4-5-6-12-19-11-8-9(14(15,16)17)7-10(18)13(11)20-12/h7-8H,2-6,18H2,1H3,(H,19,20). The van der Waals surface area contributed by atoms with Gasteiger partial charge in [-0.1, -0.05) is 26.2 Å². The van der Waals surface area contributed by atoms with Crippen LogP contribution in [0, 0.1) is 0 Å². The summed E-state index contributed by atoms with van der Waals surface area (Å²) in [6.45, 7) is 2.13. The molecule has 6 heteroatoms. The number of nitrogens with two attached hydrogens (primary N) is 1. The first kappa shape index (κ1) is 14.7. The molecule has 0 amide bonds. The van der Waals surface area contributed by atoms with E-state index in [1.54, 1.807) is 0 Å². The minimum absolute atomic E-state index is 0.0853. The molecule has 0 saturated heterocycles. The second-order valence-corrected chi connectivity index (χ2v) is 4.95. The largest absolute Gasteiger partial charge is 0.416 e. The first-order valence-corrected chi connectivity index (χ1v) is 6.77. The number of nitrogen functional groups attached to an aromatic ring is 1. The minimum atomic E-state index is -4.40. The summed E-state index contributed by atoms with van der Waals surface area (Å²) in [5.41, 5.74) is 5.77. The third kappa shape index (κ3) is 3.23. The van der Waals surface area contributed by atoms with Crippen LogP contribution in [0.1, 0.15) is 44.0 Å². The van der Waals surface area contributed by atoms with E-state index in [1.165, 1.54) is 0 Å². The molecule has 3 N–H and O–H groups in total. The topological polar surface area (TPSA) is 54.7 Å². The lowest BCUT2D eigenvalue weighted by Gasteiger charge is -2.07. The molecule has 0 aliphatic carbocycles. The molecule has 0 bridgehead atoms. The predicted octanol–water partition coefficient (Wildman–Crippen LogP) is 4.29. The van der Waals surface area contributed by atoms with E-state index in [1.807, 2.05) is 0 Å². The Morgan fingerprint density at radius 3 is 2.60 bits per heavy atom. The van der Waals surface area contributed by atoms with Crippen LogP contribution >= 0.6 is 0 Å². The molecule has 0 aliphatic rings. The molecule has 1 aromatic carbocycles. The lowest BCUT2D eigenvalue weighted by Crippen LogP contribution is -2.05. The summed E-state index contributed by atoms with van der Waals surface area (Å²) in [6, 6.07) is 1.99. The highest BCUT2D eigenvalue weighted by atomic mass is 19.4. The van der Waals surface area contributed by atoms with Gasteiger partial charge >= 0.3 is 6.18 Å². The lowest BCUT2D eigenvalue weighted by molar-refractivity contribution is -0.137. The second-order valence-electron chi connectivity index (χ2n) is 4.95. The third-order valence-corrected chi connectivity index (χ3v) is 3.27. The zero-order valence-corrected chi connectivity index (χ0v) is 11.3. The molecule has 0 aliphatic heterocycles. The van der Waals surface area contributed by atoms with Gasteiger partial charge < -0.3 is 10.7 Å². The van der Waals surface area contributed by atoms with Gasteiger partial charge in [0.25, 0.3) is 0 Å². The number of imidazole rings is 1. The molecule has 20 heavy (non-hydrogen) atoms. The highest BCUT2D eigenvalue weighted by Crippen LogP contribution is 2.33. The van der Waals surface area contributed by atoms with Crippen molar-refractivity contribution in [1.29, 1.82) is 0 Å². The Balaban J connectivity index is 2.23. The summed E-state index contributed by atoms with van der Waals surface area (Å²) < 4.78 is 38.1. The van der Waals surface area contributed by atoms with Gasteiger partial charge in [-0.3, -0.25) is 0 Å². The molecule has 1 aromatic heterocycles. The summed E-state index contributed by atoms with van der Waals surface area (Å²) in [6.07, 6.45) is 0.692. The van der Waals surface area contributed by atoms with Crippen molar-refractivity contribution < 1.29 is 13.2 Å². The summed E-state index contributed by atoms with van der Waals surface area (Å²) in [7, 11) is 0. The Morgan fingerprint density at radius 1 is 1.20 bits per heavy atom. The highest BCUT2D eigenvalue weighted by Gasteiger charge is 2.31. The normalized spacial score (nSPS) is 12.2. The predicted molar refractivity (Wildman–Crippen MR) is 73.4 cm³/mol. The van der Waals surface area contributed by atoms with E-state index in [-0.39, 0.29) is 11.2 Å². The number of hydrogen-bond donors (Lipinski definition) is 2. The molecule has 2 aromatic rings. The molecule has 2 rings (SSSR count). The van der Waals surface area contributed by atoms with Crippen molar-refractivity contribution >= 4 is 16.7 Å². The Morgan fingerprint density at radius 2 is 1.95 bits per heavy atom. The molecule has 0 saturated carbocycles. The molecule has 0 radical (unpaired) electrons. The molecule has 0 atom stereocenters. The number of benzene rings is 1. The van der Waals surface area contributed by atoms with Gasteiger partial charge in [0.1, 0.15) is 5.82 Å². The Labute approximate surface area is 115 Å². The number of unbranched alkanes of at least 4 members (excludes halogenated alkanes) is 3. The van der Waals surface area contributed by atoms with Crippen LogP contribution in [0.25, 0.3) is 11.0 Å². The zero-order chi connectivity index (χ0) is 14.8. The van der Waals surface area contributed by atoms with Crippen LogP contribution in [0.2, 0.25) is 0 Å². The number of alkyl halides is 3. The van der Waals surface area contributed by atoms with Crippen LogP contribution in [-0.2, 0) is 12.6 Å². The Hall–Kier alpha value is -1.72. The van der Waals surface area contributed by atoms with E-state index in [2.05, 4.69) is 16.9 Å². The van der Waals surface area contributed by atoms with Crippen molar-refractivity contribution in [3.05, 3.63) is 23.5 Å². The molecular formula is C14H18F3N3. The van der Waals surface area contributed by atoms with Crippen LogP contribution in [0.3, 0.4) is 0 Å². The summed E-state index contributed by atoms with van der Waals surface area (Å²) in [5.74, 6) is 0.696. The monoisotopic (exact) mass is 285 g/mol. The maximum Gasteiger partial charge on any atom is 0.416 e. The molecule has 0 spiro atoms. The molecular weight excluding hydrogens is 267 g/mol. The number of H-pyrrole nitrogens is 1. The van der Waals surface area contributed by atoms with Crippen LogP contribution < -0.4 is 5.73 Å². The van der Waals surface area contributed by atoms with Gasteiger partial charge in [0, 0.05) is 6.42 Å². The summed E-state index contributed by atoms with van der Waals surface area (Å²) in [5, 5.41) is 0. The molecule has 3 nitrogen and oxygen atoms in total. The van der Waals surface area contributed by atoms with Gasteiger partial charge in [-0.15, -0.1) is 0 Å². The fourth-order valence-electron chi connectivity index (χ4n) is 2.19. The smallest absolute Gasteiger partial charge is 0.397 e. The van der Waals surface area contributed by atoms with Crippen molar-refractivity contribution in [2.24, 2.45) is 0 Å². The van der Waals surface area contributed by atoms with Crippen molar-refractivity contribution in [3.63, 3.8) is 0 Å². The average molecular weight is 285 g/mol. The quantitative estimate of drug-likeness (QED) is 0.636. The van der Waals surface area contributed by atoms with E-state index in [0.717, 1.165) is 44.2 Å². The van der Waals surface area contributed by atoms with E-state index >= 15 is 0 Å². The van der Waals surface area contributed by atoms with Crippen LogP contribution in [0.15, 0.2) is 12.1 Å². The zero-order valence-electron chi connectivity index (χ0n) is 11.3. The van der Waals surface area contributed by atoms with E-state index in [0.29, 0.717) is 11.3 Å². The highest BCUT2D eigenvalue weighted by molar-refractivity contribution is 5.88. The first-order chi connectivity index (χ1) is 9.41. The van der Waals surface area contributed by atoms with Gasteiger partial charge in [-0.05, 0) is 18.6 Å². The van der Waals surface area contributed by atoms with Crippen LogP contribution in [0.5, 0.6) is 0 Å². The number of nitrogens with one attached hydrogen (secondary N) is 1. The van der Waals surface area contributed by atoms with Gasteiger partial charge in [-0.2, -0.15) is 13.2 Å². The van der Waals surface area contributed by atoms with Gasteiger partial charge in [0.2, 0.25) is 0 Å². The fourth-order valence-corrected chi connectivity index (χ4v) is 2.19. The van der Waals surface area contributed by atoms with E-state index in [9.17, 15) is 13.2 Å². The van der Waals surface area contributed by atoms with Crippen LogP contribution in [-0.4, -0.2) is 9.97 Å². The van der Waals surface area contributed by atoms with Gasteiger partial charge in [-0.25, -0.2) is 4.98 Å². The molecule has 0 unspecified atom stereocenters. The van der Waals surface area contributed by atoms with Crippen molar-refractivity contribution in [2.45, 2.75) is 45.2 Å². The summed E-state index contributed by atoms with van der Waals surface area (Å²) in [4.78, 5) is 7.23. The maximum absolute atomic E-state index is 12.7. The SMILES string of the molecule is CCCCCCc1nc2cc(C(F)(F)F)cc(N)c2[nH]1. The molecule has 1 heterocycles. The number of fused-ring (bicyclic) bond motifs is 1. The number of anilines is 1. The number of aromatic amines is 1. The van der Waals surface area contributed by atoms with E-state index in [4.69, 9.17) is 5.73 Å². The third-order valence-electron chi connectivity index (χ3n) is 3.27. The Kier molecular flexibility index (Phi) is 4.20. The second kappa shape index (κ2) is 5.73. The van der Waals surface area contributed by atoms with E-state index < -0.39 is 11.7 Å². The van der Waals surface area contributed by atoms with Crippen molar-refractivity contribution in [1.82, 2.24) is 9.97 Å². The summed E-state index contributed by atoms with van der Waals surface area (Å²) >= 11 is 0. The molecule has 0 fully saturated rings.